The van der Waals surface area contributed by atoms with Gasteiger partial charge in [0.2, 0.25) is 11.8 Å². The molecule has 0 aromatic heterocycles. The Morgan fingerprint density at radius 1 is 1.15 bits per heavy atom. The molecule has 0 radical (unpaired) electrons. The number of amides is 4. The van der Waals surface area contributed by atoms with Gasteiger partial charge in [0.25, 0.3) is 0 Å². The molecule has 0 atom stereocenters. The molecule has 1 aliphatic rings. The molecule has 5 heteroatoms. The molecule has 4 amide bonds. The fourth-order valence-electron chi connectivity index (χ4n) is 1.08. The van der Waals surface area contributed by atoms with Crippen molar-refractivity contribution in [2.45, 2.75) is 13.8 Å². The lowest BCUT2D eigenvalue weighted by atomic mass is 9.86. The molecule has 0 saturated carbocycles. The number of barbiturate groups is 1. The van der Waals surface area contributed by atoms with Crippen molar-refractivity contribution >= 4 is 17.8 Å². The largest absolute Gasteiger partial charge is 0.328 e. The molecule has 0 aromatic carbocycles. The van der Waals surface area contributed by atoms with Gasteiger partial charge >= 0.3 is 6.03 Å². The molecule has 1 saturated heterocycles. The molecule has 5 nitrogen and oxygen atoms in total. The maximum Gasteiger partial charge on any atom is 0.328 e. The third-order valence-corrected chi connectivity index (χ3v) is 1.90. The number of hydrogen-bond acceptors (Lipinski definition) is 3. The summed E-state index contributed by atoms with van der Waals surface area (Å²) in [4.78, 5) is 33.3. The minimum atomic E-state index is -1.28. The number of allylic oxidation sites excluding steroid dienone is 1. The zero-order chi connectivity index (χ0) is 10.1. The van der Waals surface area contributed by atoms with Crippen LogP contribution in [0.15, 0.2) is 12.2 Å². The van der Waals surface area contributed by atoms with E-state index in [1.54, 1.807) is 13.0 Å². The summed E-state index contributed by atoms with van der Waals surface area (Å²) in [6.07, 6.45) is 3.04. The Labute approximate surface area is 75.2 Å². The Morgan fingerprint density at radius 2 is 1.62 bits per heavy atom. The molecule has 2 N–H and O–H groups in total. The molecule has 13 heavy (non-hydrogen) atoms. The predicted molar refractivity (Wildman–Crippen MR) is 44.6 cm³/mol. The van der Waals surface area contributed by atoms with E-state index >= 15 is 0 Å². The van der Waals surface area contributed by atoms with Crippen molar-refractivity contribution in [3.63, 3.8) is 0 Å². The lowest BCUT2D eigenvalue weighted by molar-refractivity contribution is -0.139. The number of rotatable bonds is 1. The standard InChI is InChI=1S/C8H10N2O3/c1-3-4-8(2)5(11)9-7(13)10-6(8)12/h3-4H,1-2H3,(H2,9,10,11,12,13). The molecule has 70 valence electrons. The molecule has 0 unspecified atom stereocenters. The Hall–Kier alpha value is -1.65. The zero-order valence-corrected chi connectivity index (χ0v) is 7.38. The summed E-state index contributed by atoms with van der Waals surface area (Å²) in [6.45, 7) is 3.15. The highest BCUT2D eigenvalue weighted by molar-refractivity contribution is 6.20. The van der Waals surface area contributed by atoms with Crippen LogP contribution >= 0.6 is 0 Å². The molecule has 1 fully saturated rings. The van der Waals surface area contributed by atoms with Gasteiger partial charge in [-0.05, 0) is 13.8 Å². The highest BCUT2D eigenvalue weighted by Crippen LogP contribution is 2.21. The van der Waals surface area contributed by atoms with Crippen molar-refractivity contribution in [2.75, 3.05) is 0 Å². The Balaban J connectivity index is 3.03. The van der Waals surface area contributed by atoms with Crippen LogP contribution < -0.4 is 10.6 Å². The Bertz CT molecular complexity index is 287. The van der Waals surface area contributed by atoms with Gasteiger partial charge in [-0.1, -0.05) is 12.2 Å². The van der Waals surface area contributed by atoms with Gasteiger partial charge in [0.15, 0.2) is 0 Å². The molecule has 0 aliphatic carbocycles. The lowest BCUT2D eigenvalue weighted by Crippen LogP contribution is -2.60. The molecule has 1 aliphatic heterocycles. The van der Waals surface area contributed by atoms with Gasteiger partial charge in [0.05, 0.1) is 0 Å². The second-order valence-corrected chi connectivity index (χ2v) is 2.94. The van der Waals surface area contributed by atoms with Crippen LogP contribution in [0.25, 0.3) is 0 Å². The normalized spacial score (nSPS) is 21.5. The summed E-state index contributed by atoms with van der Waals surface area (Å²) in [5.41, 5.74) is -1.28. The van der Waals surface area contributed by atoms with Gasteiger partial charge < -0.3 is 0 Å². The number of carbonyl (C=O) groups is 3. The first kappa shape index (κ1) is 9.44. The first-order chi connectivity index (χ1) is 6.00. The van der Waals surface area contributed by atoms with E-state index < -0.39 is 23.3 Å². The van der Waals surface area contributed by atoms with E-state index in [4.69, 9.17) is 0 Å². The number of carbonyl (C=O) groups excluding carboxylic acids is 3. The van der Waals surface area contributed by atoms with E-state index in [9.17, 15) is 14.4 Å². The van der Waals surface area contributed by atoms with Crippen LogP contribution in [0, 0.1) is 5.41 Å². The quantitative estimate of drug-likeness (QED) is 0.440. The molecule has 0 aromatic rings. The maximum absolute atomic E-state index is 11.3. The number of hydrogen-bond donors (Lipinski definition) is 2. The number of nitrogens with one attached hydrogen (secondary N) is 2. The van der Waals surface area contributed by atoms with Crippen molar-refractivity contribution in [1.29, 1.82) is 0 Å². The highest BCUT2D eigenvalue weighted by atomic mass is 16.2. The average Bonchev–Trinajstić information content (AvgIpc) is 2.01. The first-order valence-electron chi connectivity index (χ1n) is 3.81. The highest BCUT2D eigenvalue weighted by Gasteiger charge is 2.43. The SMILES string of the molecule is CC=CC1(C)C(=O)NC(=O)NC1=O. The number of imide groups is 2. The van der Waals surface area contributed by atoms with E-state index in [0.717, 1.165) is 0 Å². The minimum absolute atomic E-state index is 0.598. The van der Waals surface area contributed by atoms with Gasteiger partial charge in [0, 0.05) is 0 Å². The Kier molecular flexibility index (Phi) is 2.18. The second kappa shape index (κ2) is 3.01. The Morgan fingerprint density at radius 3 is 2.00 bits per heavy atom. The topological polar surface area (TPSA) is 75.3 Å². The third-order valence-electron chi connectivity index (χ3n) is 1.90. The van der Waals surface area contributed by atoms with Crippen LogP contribution in [0.3, 0.4) is 0 Å². The predicted octanol–water partition coefficient (Wildman–Crippen LogP) is -0.0652. The van der Waals surface area contributed by atoms with Gasteiger partial charge in [-0.3, -0.25) is 20.2 Å². The van der Waals surface area contributed by atoms with Crippen molar-refractivity contribution in [1.82, 2.24) is 10.6 Å². The van der Waals surface area contributed by atoms with E-state index in [-0.39, 0.29) is 0 Å². The van der Waals surface area contributed by atoms with Crippen LogP contribution in [0.2, 0.25) is 0 Å². The molecule has 1 rings (SSSR count). The molecular formula is C8H10N2O3. The summed E-state index contributed by atoms with van der Waals surface area (Å²) >= 11 is 0. The monoisotopic (exact) mass is 182 g/mol. The minimum Gasteiger partial charge on any atom is -0.277 e. The van der Waals surface area contributed by atoms with E-state index in [1.807, 2.05) is 10.6 Å². The molecular weight excluding hydrogens is 172 g/mol. The van der Waals surface area contributed by atoms with Crippen molar-refractivity contribution in [3.8, 4) is 0 Å². The van der Waals surface area contributed by atoms with Crippen molar-refractivity contribution in [3.05, 3.63) is 12.2 Å². The van der Waals surface area contributed by atoms with Gasteiger partial charge in [-0.15, -0.1) is 0 Å². The lowest BCUT2D eigenvalue weighted by Gasteiger charge is -2.27. The van der Waals surface area contributed by atoms with Gasteiger partial charge in [0.1, 0.15) is 5.41 Å². The summed E-state index contributed by atoms with van der Waals surface area (Å²) in [6, 6.07) is -0.767. The number of urea groups is 1. The van der Waals surface area contributed by atoms with E-state index in [0.29, 0.717) is 0 Å². The molecule has 0 spiro atoms. The summed E-state index contributed by atoms with van der Waals surface area (Å²) in [7, 11) is 0. The zero-order valence-electron chi connectivity index (χ0n) is 7.38. The van der Waals surface area contributed by atoms with Crippen LogP contribution in [0.4, 0.5) is 4.79 Å². The van der Waals surface area contributed by atoms with Crippen LogP contribution in [-0.4, -0.2) is 17.8 Å². The fraction of sp³-hybridized carbons (Fsp3) is 0.375. The maximum atomic E-state index is 11.3. The van der Waals surface area contributed by atoms with Crippen LogP contribution in [0.5, 0.6) is 0 Å². The average molecular weight is 182 g/mol. The summed E-state index contributed by atoms with van der Waals surface area (Å²) in [5, 5.41) is 4.05. The third kappa shape index (κ3) is 1.44. The second-order valence-electron chi connectivity index (χ2n) is 2.94. The van der Waals surface area contributed by atoms with Crippen molar-refractivity contribution in [2.24, 2.45) is 5.41 Å². The molecule has 1 heterocycles. The summed E-state index contributed by atoms with van der Waals surface area (Å²) < 4.78 is 0. The first-order valence-corrected chi connectivity index (χ1v) is 3.81. The van der Waals surface area contributed by atoms with Crippen LogP contribution in [0.1, 0.15) is 13.8 Å². The van der Waals surface area contributed by atoms with Crippen molar-refractivity contribution < 1.29 is 14.4 Å². The van der Waals surface area contributed by atoms with Gasteiger partial charge in [-0.25, -0.2) is 4.79 Å². The summed E-state index contributed by atoms with van der Waals surface area (Å²) in [5.74, 6) is -1.20. The fourth-order valence-corrected chi connectivity index (χ4v) is 1.08. The van der Waals surface area contributed by atoms with E-state index in [1.165, 1.54) is 13.0 Å². The van der Waals surface area contributed by atoms with E-state index in [2.05, 4.69) is 0 Å². The van der Waals surface area contributed by atoms with Crippen LogP contribution in [-0.2, 0) is 9.59 Å². The molecule has 0 bridgehead atoms. The van der Waals surface area contributed by atoms with Gasteiger partial charge in [-0.2, -0.15) is 0 Å². The smallest absolute Gasteiger partial charge is 0.277 e.